The molecule has 2 rings (SSSR count). The van der Waals surface area contributed by atoms with Crippen molar-refractivity contribution in [1.29, 1.82) is 0 Å². The van der Waals surface area contributed by atoms with Crippen LogP contribution in [0.3, 0.4) is 0 Å². The minimum absolute atomic E-state index is 0.347. The Bertz CT molecular complexity index is 770. The number of hydrogen-bond acceptors (Lipinski definition) is 5. The molecule has 6 nitrogen and oxygen atoms in total. The van der Waals surface area contributed by atoms with E-state index in [1.54, 1.807) is 20.8 Å². The second kappa shape index (κ2) is 12.9. The number of esters is 1. The van der Waals surface area contributed by atoms with Crippen molar-refractivity contribution in [3.05, 3.63) is 35.9 Å². The van der Waals surface area contributed by atoms with E-state index in [-0.39, 0.29) is 12.5 Å². The van der Waals surface area contributed by atoms with Crippen molar-refractivity contribution in [1.82, 2.24) is 4.90 Å². The zero-order valence-electron chi connectivity index (χ0n) is 20.7. The summed E-state index contributed by atoms with van der Waals surface area (Å²) in [5.74, 6) is -3.42. The number of carbonyl (C=O) groups is 3. The number of rotatable bonds is 13. The molecule has 0 aliphatic carbocycles. The number of nitrogens with zero attached hydrogens (tertiary/aromatic N) is 1. The Morgan fingerprint density at radius 2 is 1.61 bits per heavy atom. The van der Waals surface area contributed by atoms with Gasteiger partial charge in [0, 0.05) is 0 Å². The summed E-state index contributed by atoms with van der Waals surface area (Å²) in [6, 6.07) is 8.75. The van der Waals surface area contributed by atoms with Crippen LogP contribution in [-0.2, 0) is 25.5 Å². The third-order valence-electron chi connectivity index (χ3n) is 6.13. The van der Waals surface area contributed by atoms with Crippen molar-refractivity contribution < 1.29 is 24.2 Å². The molecule has 1 aliphatic rings. The summed E-state index contributed by atoms with van der Waals surface area (Å²) in [6.45, 7) is 7.09. The number of benzene rings is 1. The molecule has 1 fully saturated rings. The smallest absolute Gasteiger partial charge is 0.319 e. The molecule has 1 saturated heterocycles. The Morgan fingerprint density at radius 3 is 2.18 bits per heavy atom. The lowest BCUT2D eigenvalue weighted by Crippen LogP contribution is -2.45. The maximum Gasteiger partial charge on any atom is 0.319 e. The number of aliphatic hydroxyl groups is 1. The number of hydrogen-bond donors (Lipinski definition) is 1. The zero-order valence-corrected chi connectivity index (χ0v) is 20.7. The van der Waals surface area contributed by atoms with Crippen LogP contribution >= 0.6 is 0 Å². The molecule has 6 heteroatoms. The molecule has 0 radical (unpaired) electrons. The van der Waals surface area contributed by atoms with E-state index in [2.05, 4.69) is 6.92 Å². The summed E-state index contributed by atoms with van der Waals surface area (Å²) in [5.41, 5.74) is 0.166. The summed E-state index contributed by atoms with van der Waals surface area (Å²) >= 11 is 0. The standard InChI is InChI=1S/C27H41NO5/c1-5-6-7-8-9-10-14-17-22-23(26(32)33-27(2,3)4)25(31)28(24(22)30)21(19-29)18-20-15-12-11-13-16-20/h11-13,15-16,21-23,29H,5-10,14,17-19H2,1-4H3/t21-,22+,23+/m0/s1. The third-order valence-corrected chi connectivity index (χ3v) is 6.13. The maximum atomic E-state index is 13.4. The van der Waals surface area contributed by atoms with E-state index in [1.165, 1.54) is 19.3 Å². The lowest BCUT2D eigenvalue weighted by atomic mass is 9.89. The molecule has 1 aromatic rings. The number of imide groups is 1. The molecular formula is C27H41NO5. The van der Waals surface area contributed by atoms with Gasteiger partial charge in [0.2, 0.25) is 11.8 Å². The molecule has 0 spiro atoms. The summed E-state index contributed by atoms with van der Waals surface area (Å²) in [5, 5.41) is 10.0. The van der Waals surface area contributed by atoms with Crippen LogP contribution in [0.1, 0.15) is 84.6 Å². The van der Waals surface area contributed by atoms with Crippen LogP contribution in [0.5, 0.6) is 0 Å². The number of unbranched alkanes of at least 4 members (excludes halogenated alkanes) is 6. The molecule has 0 aromatic heterocycles. The molecule has 33 heavy (non-hydrogen) atoms. The van der Waals surface area contributed by atoms with E-state index >= 15 is 0 Å². The van der Waals surface area contributed by atoms with Gasteiger partial charge in [-0.15, -0.1) is 0 Å². The largest absolute Gasteiger partial charge is 0.459 e. The van der Waals surface area contributed by atoms with E-state index in [4.69, 9.17) is 4.74 Å². The molecule has 1 N–H and O–H groups in total. The number of carbonyl (C=O) groups excluding carboxylic acids is 3. The molecular weight excluding hydrogens is 418 g/mol. The minimum atomic E-state index is -1.14. The average molecular weight is 460 g/mol. The fourth-order valence-corrected chi connectivity index (χ4v) is 4.48. The van der Waals surface area contributed by atoms with Crippen LogP contribution in [0.15, 0.2) is 30.3 Å². The monoisotopic (exact) mass is 459 g/mol. The summed E-state index contributed by atoms with van der Waals surface area (Å²) in [6.07, 6.45) is 8.46. The van der Waals surface area contributed by atoms with Crippen molar-refractivity contribution in [3.8, 4) is 0 Å². The predicted octanol–water partition coefficient (Wildman–Crippen LogP) is 4.67. The first-order chi connectivity index (χ1) is 15.7. The highest BCUT2D eigenvalue weighted by Crippen LogP contribution is 2.34. The van der Waals surface area contributed by atoms with E-state index in [1.807, 2.05) is 30.3 Å². The zero-order chi connectivity index (χ0) is 24.4. The SMILES string of the molecule is CCCCCCCCC[C@H]1C(=O)N([C@H](CO)Cc2ccccc2)C(=O)[C@@H]1C(=O)OC(C)(C)C. The predicted molar refractivity (Wildman–Crippen MR) is 128 cm³/mol. The van der Waals surface area contributed by atoms with Crippen molar-refractivity contribution in [2.24, 2.45) is 11.8 Å². The average Bonchev–Trinajstić information content (AvgIpc) is 3.00. The lowest BCUT2D eigenvalue weighted by Gasteiger charge is -2.25. The van der Waals surface area contributed by atoms with Crippen LogP contribution in [0.25, 0.3) is 0 Å². The van der Waals surface area contributed by atoms with Crippen LogP contribution in [0.4, 0.5) is 0 Å². The molecule has 1 aromatic carbocycles. The third kappa shape index (κ3) is 7.95. The van der Waals surface area contributed by atoms with Gasteiger partial charge < -0.3 is 9.84 Å². The number of ether oxygens (including phenoxy) is 1. The Labute approximate surface area is 198 Å². The number of likely N-dealkylation sites (tertiary alicyclic amines) is 1. The fraction of sp³-hybridized carbons (Fsp3) is 0.667. The highest BCUT2D eigenvalue weighted by atomic mass is 16.6. The summed E-state index contributed by atoms with van der Waals surface area (Å²) < 4.78 is 5.52. The molecule has 0 unspecified atom stereocenters. The lowest BCUT2D eigenvalue weighted by molar-refractivity contribution is -0.164. The molecule has 1 aliphatic heterocycles. The van der Waals surface area contributed by atoms with Crippen molar-refractivity contribution in [3.63, 3.8) is 0 Å². The second-order valence-electron chi connectivity index (χ2n) is 10.1. The fourth-order valence-electron chi connectivity index (χ4n) is 4.48. The summed E-state index contributed by atoms with van der Waals surface area (Å²) in [4.78, 5) is 40.8. The molecule has 1 heterocycles. The van der Waals surface area contributed by atoms with Crippen LogP contribution in [-0.4, -0.2) is 46.0 Å². The molecule has 0 saturated carbocycles. The summed E-state index contributed by atoms with van der Waals surface area (Å²) in [7, 11) is 0. The highest BCUT2D eigenvalue weighted by molar-refractivity contribution is 6.14. The number of amides is 2. The van der Waals surface area contributed by atoms with Gasteiger partial charge in [-0.05, 0) is 39.2 Å². The van der Waals surface area contributed by atoms with Crippen molar-refractivity contribution in [2.45, 2.75) is 97.1 Å². The van der Waals surface area contributed by atoms with Gasteiger partial charge in [-0.25, -0.2) is 0 Å². The molecule has 0 bridgehead atoms. The van der Waals surface area contributed by atoms with Gasteiger partial charge in [-0.2, -0.15) is 0 Å². The van der Waals surface area contributed by atoms with E-state index in [9.17, 15) is 19.5 Å². The molecule has 2 amide bonds. The van der Waals surface area contributed by atoms with E-state index < -0.39 is 35.4 Å². The van der Waals surface area contributed by atoms with Gasteiger partial charge in [0.15, 0.2) is 0 Å². The Balaban J connectivity index is 2.15. The van der Waals surface area contributed by atoms with E-state index in [0.717, 1.165) is 36.1 Å². The minimum Gasteiger partial charge on any atom is -0.459 e. The Kier molecular flexibility index (Phi) is 10.6. The topological polar surface area (TPSA) is 83.9 Å². The van der Waals surface area contributed by atoms with Crippen LogP contribution in [0.2, 0.25) is 0 Å². The quantitative estimate of drug-likeness (QED) is 0.200. The Hall–Kier alpha value is -2.21. The highest BCUT2D eigenvalue weighted by Gasteiger charge is 2.54. The second-order valence-corrected chi connectivity index (χ2v) is 10.1. The van der Waals surface area contributed by atoms with Gasteiger partial charge >= 0.3 is 5.97 Å². The van der Waals surface area contributed by atoms with Crippen LogP contribution < -0.4 is 0 Å². The van der Waals surface area contributed by atoms with E-state index in [0.29, 0.717) is 12.8 Å². The van der Waals surface area contributed by atoms with Crippen LogP contribution in [0, 0.1) is 11.8 Å². The van der Waals surface area contributed by atoms with Gasteiger partial charge in [-0.3, -0.25) is 19.3 Å². The van der Waals surface area contributed by atoms with Gasteiger partial charge in [0.05, 0.1) is 18.6 Å². The first-order valence-electron chi connectivity index (χ1n) is 12.4. The maximum absolute atomic E-state index is 13.4. The first-order valence-corrected chi connectivity index (χ1v) is 12.4. The number of aliphatic hydroxyl groups excluding tert-OH is 1. The molecule has 3 atom stereocenters. The van der Waals surface area contributed by atoms with Gasteiger partial charge in [0.25, 0.3) is 0 Å². The van der Waals surface area contributed by atoms with Gasteiger partial charge in [0.1, 0.15) is 11.5 Å². The first kappa shape index (κ1) is 27.0. The molecule has 184 valence electrons. The van der Waals surface area contributed by atoms with Crippen molar-refractivity contribution >= 4 is 17.8 Å². The van der Waals surface area contributed by atoms with Crippen molar-refractivity contribution in [2.75, 3.05) is 6.61 Å². The normalized spacial score (nSPS) is 19.7. The van der Waals surface area contributed by atoms with Gasteiger partial charge in [-0.1, -0.05) is 82.2 Å². The Morgan fingerprint density at radius 1 is 1.00 bits per heavy atom.